The maximum absolute atomic E-state index is 14.0. The largest absolute Gasteiger partial charge is 0.416 e. The third-order valence-corrected chi connectivity index (χ3v) is 10.8. The third-order valence-electron chi connectivity index (χ3n) is 7.68. The molecule has 1 saturated heterocycles. The number of thioether (sulfide) groups is 1. The molecule has 3 amide bonds. The molecule has 45 heavy (non-hydrogen) atoms. The summed E-state index contributed by atoms with van der Waals surface area (Å²) in [7, 11) is 3.79. The SMILES string of the molecule is CN(C)c1ccc(C2c3sc(=O)n(CC(=O)Nc4cccc(C(F)(F)F)c4)c3SC3C(=O)N(c4ccc(Br)cc4)C(=O)C32)cc1. The third kappa shape index (κ3) is 5.82. The number of alkyl halides is 3. The van der Waals surface area contributed by atoms with Crippen LogP contribution < -0.4 is 20.0 Å². The van der Waals surface area contributed by atoms with Crippen molar-refractivity contribution in [2.45, 2.75) is 28.9 Å². The monoisotopic (exact) mass is 716 g/mol. The molecule has 3 aromatic carbocycles. The Labute approximate surface area is 272 Å². The molecule has 232 valence electrons. The molecular weight excluding hydrogens is 693 g/mol. The van der Waals surface area contributed by atoms with Gasteiger partial charge in [-0.15, -0.1) is 0 Å². The van der Waals surface area contributed by atoms with E-state index in [1.807, 2.05) is 43.3 Å². The van der Waals surface area contributed by atoms with Gasteiger partial charge in [0.1, 0.15) is 11.8 Å². The minimum Gasteiger partial charge on any atom is -0.378 e. The molecule has 4 aromatic rings. The fraction of sp³-hybridized carbons (Fsp3) is 0.226. The number of hydrogen-bond acceptors (Lipinski definition) is 7. The van der Waals surface area contributed by atoms with E-state index in [4.69, 9.17) is 0 Å². The van der Waals surface area contributed by atoms with Crippen molar-refractivity contribution in [1.82, 2.24) is 4.57 Å². The van der Waals surface area contributed by atoms with Gasteiger partial charge < -0.3 is 10.2 Å². The number of thiazole rings is 1. The van der Waals surface area contributed by atoms with Crippen LogP contribution in [0, 0.1) is 5.92 Å². The number of fused-ring (bicyclic) bond motifs is 2. The Hall–Kier alpha value is -3.88. The fourth-order valence-corrected chi connectivity index (χ4v) is 8.59. The lowest BCUT2D eigenvalue weighted by atomic mass is 9.83. The van der Waals surface area contributed by atoms with Crippen LogP contribution in [0.3, 0.4) is 0 Å². The highest BCUT2D eigenvalue weighted by molar-refractivity contribution is 9.10. The number of rotatable bonds is 6. The van der Waals surface area contributed by atoms with Gasteiger partial charge in [0.05, 0.1) is 22.2 Å². The van der Waals surface area contributed by atoms with Crippen molar-refractivity contribution in [1.29, 1.82) is 0 Å². The average molecular weight is 718 g/mol. The summed E-state index contributed by atoms with van der Waals surface area (Å²) in [4.78, 5) is 57.5. The number of carbonyl (C=O) groups excluding carboxylic acids is 3. The molecule has 6 rings (SSSR count). The van der Waals surface area contributed by atoms with Crippen LogP contribution in [0.2, 0.25) is 0 Å². The van der Waals surface area contributed by atoms with Gasteiger partial charge in [-0.25, -0.2) is 4.90 Å². The topological polar surface area (TPSA) is 91.7 Å². The lowest BCUT2D eigenvalue weighted by molar-refractivity contribution is -0.137. The lowest BCUT2D eigenvalue weighted by Crippen LogP contribution is -2.33. The zero-order valence-corrected chi connectivity index (χ0v) is 26.9. The van der Waals surface area contributed by atoms with Gasteiger partial charge >= 0.3 is 11.0 Å². The molecule has 3 atom stereocenters. The van der Waals surface area contributed by atoms with Crippen molar-refractivity contribution < 1.29 is 27.6 Å². The van der Waals surface area contributed by atoms with Crippen molar-refractivity contribution >= 4 is 73.8 Å². The minimum atomic E-state index is -4.59. The lowest BCUT2D eigenvalue weighted by Gasteiger charge is -2.31. The van der Waals surface area contributed by atoms with Crippen LogP contribution in [0.4, 0.5) is 30.2 Å². The van der Waals surface area contributed by atoms with E-state index in [-0.39, 0.29) is 11.6 Å². The van der Waals surface area contributed by atoms with Crippen LogP contribution in [0.15, 0.2) is 87.1 Å². The van der Waals surface area contributed by atoms with Gasteiger partial charge in [-0.05, 0) is 60.2 Å². The van der Waals surface area contributed by atoms with E-state index in [1.54, 1.807) is 24.3 Å². The molecule has 3 unspecified atom stereocenters. The average Bonchev–Trinajstić information content (AvgIpc) is 3.43. The number of carbonyl (C=O) groups is 3. The first-order valence-corrected chi connectivity index (χ1v) is 16.1. The fourth-order valence-electron chi connectivity index (χ4n) is 5.56. The maximum atomic E-state index is 14.0. The van der Waals surface area contributed by atoms with Crippen LogP contribution in [-0.2, 0) is 27.1 Å². The Morgan fingerprint density at radius 2 is 1.67 bits per heavy atom. The number of amides is 3. The molecule has 1 fully saturated rings. The summed E-state index contributed by atoms with van der Waals surface area (Å²) in [5, 5.41) is 1.95. The number of aromatic nitrogens is 1. The molecule has 1 aromatic heterocycles. The second-order valence-corrected chi connectivity index (χ2v) is 13.8. The maximum Gasteiger partial charge on any atom is 0.416 e. The van der Waals surface area contributed by atoms with E-state index < -0.39 is 52.1 Å². The predicted molar refractivity (Wildman–Crippen MR) is 171 cm³/mol. The van der Waals surface area contributed by atoms with Crippen molar-refractivity contribution in [2.24, 2.45) is 5.92 Å². The number of imide groups is 1. The van der Waals surface area contributed by atoms with Crippen molar-refractivity contribution in [3.63, 3.8) is 0 Å². The van der Waals surface area contributed by atoms with E-state index in [0.29, 0.717) is 15.6 Å². The van der Waals surface area contributed by atoms with Gasteiger partial charge in [0.15, 0.2) is 0 Å². The van der Waals surface area contributed by atoms with Gasteiger partial charge in [0.25, 0.3) is 0 Å². The molecule has 0 radical (unpaired) electrons. The molecule has 0 bridgehead atoms. The number of anilines is 3. The van der Waals surface area contributed by atoms with Crippen molar-refractivity contribution in [3.05, 3.63) is 103 Å². The summed E-state index contributed by atoms with van der Waals surface area (Å²) >= 11 is 5.33. The van der Waals surface area contributed by atoms with E-state index in [0.717, 1.165) is 51.0 Å². The second kappa shape index (κ2) is 11.8. The minimum absolute atomic E-state index is 0.0692. The Balaban J connectivity index is 1.38. The summed E-state index contributed by atoms with van der Waals surface area (Å²) in [5.74, 6) is -2.99. The zero-order chi connectivity index (χ0) is 32.2. The van der Waals surface area contributed by atoms with Crippen molar-refractivity contribution in [2.75, 3.05) is 29.2 Å². The normalized spacial score (nSPS) is 19.3. The molecule has 0 saturated carbocycles. The van der Waals surface area contributed by atoms with Crippen LogP contribution in [0.1, 0.15) is 21.9 Å². The first kappa shape index (κ1) is 31.1. The number of nitrogens with zero attached hydrogens (tertiary/aromatic N) is 3. The Kier molecular flexibility index (Phi) is 8.16. The highest BCUT2D eigenvalue weighted by Gasteiger charge is 2.56. The number of benzene rings is 3. The van der Waals surface area contributed by atoms with Crippen LogP contribution >= 0.6 is 39.0 Å². The molecule has 0 aliphatic carbocycles. The smallest absolute Gasteiger partial charge is 0.378 e. The van der Waals surface area contributed by atoms with E-state index in [1.165, 1.54) is 21.6 Å². The molecular formula is C31H24BrF3N4O4S2. The molecule has 2 aliphatic heterocycles. The summed E-state index contributed by atoms with van der Waals surface area (Å²) in [6.07, 6.45) is -4.59. The molecule has 3 heterocycles. The standard InChI is InChI=1S/C31H24BrF3N4O4S2/c1-37(2)20-10-6-16(7-11-20)23-24-25(28(42)39(27(24)41)21-12-8-18(32)9-13-21)44-29-26(23)45-30(43)38(29)15-22(40)36-19-5-3-4-17(14-19)31(33,34)35/h3-14,23-25H,15H2,1-2H3,(H,36,40). The van der Waals surface area contributed by atoms with Gasteiger partial charge in [0, 0.05) is 40.7 Å². The molecule has 1 N–H and O–H groups in total. The quantitative estimate of drug-likeness (QED) is 0.240. The van der Waals surface area contributed by atoms with Crippen molar-refractivity contribution in [3.8, 4) is 0 Å². The zero-order valence-electron chi connectivity index (χ0n) is 23.7. The van der Waals surface area contributed by atoms with E-state index in [2.05, 4.69) is 21.2 Å². The first-order valence-electron chi connectivity index (χ1n) is 13.6. The summed E-state index contributed by atoms with van der Waals surface area (Å²) < 4.78 is 41.6. The summed E-state index contributed by atoms with van der Waals surface area (Å²) in [6.45, 7) is -0.490. The van der Waals surface area contributed by atoms with E-state index in [9.17, 15) is 32.3 Å². The second-order valence-electron chi connectivity index (χ2n) is 10.8. The van der Waals surface area contributed by atoms with Gasteiger partial charge in [0.2, 0.25) is 17.7 Å². The molecule has 14 heteroatoms. The van der Waals surface area contributed by atoms with Crippen LogP contribution in [0.5, 0.6) is 0 Å². The van der Waals surface area contributed by atoms with Crippen LogP contribution in [-0.4, -0.2) is 41.6 Å². The van der Waals surface area contributed by atoms with Gasteiger partial charge in [-0.1, -0.05) is 57.2 Å². The molecule has 8 nitrogen and oxygen atoms in total. The summed E-state index contributed by atoms with van der Waals surface area (Å²) in [5.41, 5.74) is 1.09. The number of nitrogens with one attached hydrogen (secondary N) is 1. The highest BCUT2D eigenvalue weighted by Crippen LogP contribution is 2.54. The molecule has 2 aliphatic rings. The Morgan fingerprint density at radius 1 is 0.978 bits per heavy atom. The van der Waals surface area contributed by atoms with E-state index >= 15 is 0 Å². The predicted octanol–water partition coefficient (Wildman–Crippen LogP) is 6.19. The summed E-state index contributed by atoms with van der Waals surface area (Å²) in [6, 6.07) is 18.5. The highest BCUT2D eigenvalue weighted by atomic mass is 79.9. The Morgan fingerprint density at radius 3 is 2.31 bits per heavy atom. The number of hydrogen-bond donors (Lipinski definition) is 1. The molecule has 0 spiro atoms. The first-order chi connectivity index (χ1) is 21.3. The van der Waals surface area contributed by atoms with Crippen LogP contribution in [0.25, 0.3) is 0 Å². The van der Waals surface area contributed by atoms with Gasteiger partial charge in [-0.3, -0.25) is 23.7 Å². The number of halogens is 4. The van der Waals surface area contributed by atoms with Gasteiger partial charge in [-0.2, -0.15) is 13.2 Å². The Bertz CT molecular complexity index is 1870.